The smallest absolute Gasteiger partial charge is 0.403 e. The third kappa shape index (κ3) is 4.63. The molecule has 4 nitrogen and oxygen atoms in total. The van der Waals surface area contributed by atoms with Crippen molar-refractivity contribution >= 4 is 67.7 Å². The van der Waals surface area contributed by atoms with E-state index in [-0.39, 0.29) is 0 Å². The molecule has 0 bridgehead atoms. The summed E-state index contributed by atoms with van der Waals surface area (Å²) in [4.78, 5) is 0. The van der Waals surface area contributed by atoms with E-state index < -0.39 is 7.75 Å². The minimum atomic E-state index is -4.27. The molecule has 0 radical (unpaired) electrons. The van der Waals surface area contributed by atoms with Crippen LogP contribution in [0.4, 0.5) is 0 Å². The van der Waals surface area contributed by atoms with E-state index in [1.807, 2.05) is 12.1 Å². The molecule has 252 valence electrons. The topological polar surface area (TPSA) is 61.6 Å². The van der Waals surface area contributed by atoms with Crippen molar-refractivity contribution in [2.45, 2.75) is 12.8 Å². The Morgan fingerprint density at radius 3 is 1.38 bits per heavy atom. The van der Waals surface area contributed by atoms with Gasteiger partial charge in [0.05, 0.1) is 0 Å². The minimum absolute atomic E-state index is 0.455. The van der Waals surface area contributed by atoms with E-state index in [1.54, 1.807) is 0 Å². The highest BCUT2D eigenvalue weighted by molar-refractivity contribution is 7.52. The van der Waals surface area contributed by atoms with Crippen LogP contribution in [0.15, 0.2) is 152 Å². The van der Waals surface area contributed by atoms with Gasteiger partial charge in [-0.3, -0.25) is 0 Å². The zero-order chi connectivity index (χ0) is 35.3. The zero-order valence-electron chi connectivity index (χ0n) is 28.7. The van der Waals surface area contributed by atoms with Crippen LogP contribution in [0.1, 0.15) is 17.5 Å². The number of fused-ring (bicyclic) bond motifs is 11. The van der Waals surface area contributed by atoms with E-state index in [9.17, 15) is 4.57 Å². The second-order valence-electron chi connectivity index (χ2n) is 14.1. The van der Waals surface area contributed by atoms with E-state index in [1.165, 1.54) is 5.56 Å². The van der Waals surface area contributed by atoms with E-state index in [0.717, 1.165) is 106 Å². The lowest BCUT2D eigenvalue weighted by Crippen LogP contribution is -2.09. The molecule has 2 aliphatic rings. The van der Waals surface area contributed by atoms with Crippen LogP contribution in [0.25, 0.3) is 93.3 Å². The van der Waals surface area contributed by atoms with Gasteiger partial charge < -0.3 is 9.05 Å². The Labute approximate surface area is 306 Å². The highest BCUT2D eigenvalue weighted by Crippen LogP contribution is 2.62. The van der Waals surface area contributed by atoms with Crippen LogP contribution in [-0.4, -0.2) is 0 Å². The molecule has 53 heavy (non-hydrogen) atoms. The van der Waals surface area contributed by atoms with Gasteiger partial charge in [-0.25, -0.2) is 10.1 Å². The van der Waals surface area contributed by atoms with Gasteiger partial charge in [0.15, 0.2) is 0 Å². The molecule has 1 aliphatic heterocycles. The van der Waals surface area contributed by atoms with Crippen molar-refractivity contribution in [1.29, 1.82) is 0 Å². The molecule has 0 aromatic heterocycles. The average molecular weight is 702 g/mol. The molecule has 0 spiro atoms. The number of hydrogen-bond acceptors (Lipinski definition) is 3. The molecular formula is C48H32NO3P. The SMILES string of the molecule is NP1(=O)Oc2c(-c3c4c(cc5ccccc35)CCC=C4)cc3ccccc3c2-c2c(c(-c3c4ccccc4cc4ccccc34)cc3ccccc23)O1. The molecule has 1 atom stereocenters. The van der Waals surface area contributed by atoms with Gasteiger partial charge in [-0.1, -0.05) is 140 Å². The van der Waals surface area contributed by atoms with Crippen molar-refractivity contribution in [2.24, 2.45) is 5.50 Å². The van der Waals surface area contributed by atoms with E-state index in [4.69, 9.17) is 14.6 Å². The molecule has 9 aromatic rings. The highest BCUT2D eigenvalue weighted by atomic mass is 31.2. The largest absolute Gasteiger partial charge is 0.510 e. The van der Waals surface area contributed by atoms with E-state index in [2.05, 4.69) is 146 Å². The summed E-state index contributed by atoms with van der Waals surface area (Å²) in [5.41, 5.74) is 14.5. The number of nitrogens with two attached hydrogens (primary N) is 1. The number of rotatable bonds is 2. The second kappa shape index (κ2) is 11.4. The van der Waals surface area contributed by atoms with E-state index >= 15 is 0 Å². The zero-order valence-corrected chi connectivity index (χ0v) is 29.6. The third-order valence-electron chi connectivity index (χ3n) is 11.0. The molecule has 0 fully saturated rings. The lowest BCUT2D eigenvalue weighted by atomic mass is 9.82. The van der Waals surface area contributed by atoms with Crippen LogP contribution < -0.4 is 14.6 Å². The molecule has 2 N–H and O–H groups in total. The molecule has 1 unspecified atom stereocenters. The summed E-state index contributed by atoms with van der Waals surface area (Å²) >= 11 is 0. The van der Waals surface area contributed by atoms with Crippen LogP contribution in [-0.2, 0) is 11.0 Å². The van der Waals surface area contributed by atoms with Crippen LogP contribution in [0.2, 0.25) is 0 Å². The van der Waals surface area contributed by atoms with Gasteiger partial charge in [-0.05, 0) is 96.0 Å². The normalized spacial score (nSPS) is 16.2. The summed E-state index contributed by atoms with van der Waals surface area (Å²) < 4.78 is 28.1. The Morgan fingerprint density at radius 1 is 0.472 bits per heavy atom. The van der Waals surface area contributed by atoms with Gasteiger partial charge >= 0.3 is 7.75 Å². The maximum absolute atomic E-state index is 14.8. The molecule has 11 rings (SSSR count). The number of aryl methyl sites for hydroxylation is 1. The molecule has 0 saturated heterocycles. The van der Waals surface area contributed by atoms with Crippen molar-refractivity contribution < 1.29 is 13.6 Å². The monoisotopic (exact) mass is 701 g/mol. The molecule has 0 saturated carbocycles. The Kier molecular flexibility index (Phi) is 6.55. The Balaban J connectivity index is 1.36. The fourth-order valence-corrected chi connectivity index (χ4v) is 9.77. The first-order valence-corrected chi connectivity index (χ1v) is 19.7. The average Bonchev–Trinajstić information content (AvgIpc) is 3.32. The molecule has 1 aliphatic carbocycles. The number of hydrogen-bond donors (Lipinski definition) is 1. The standard InChI is InChI=1S/C48H32NO3P/c49-53(50)51-47-41(43-35-19-7-1-13-29(35)25-30-14-2-8-20-36(30)43)27-33-17-5-11-23-39(33)45(47)46-40-24-12-6-18-34(40)28-42(48(46)52-53)44-37-21-9-3-15-31(37)26-32-16-4-10-22-38(32)44/h1-3,5-15,17-28H,4,16H2,(H2,49,50). The fraction of sp³-hybridized carbons (Fsp3) is 0.0417. The summed E-state index contributed by atoms with van der Waals surface area (Å²) in [6.45, 7) is 0. The first-order chi connectivity index (χ1) is 26.0. The predicted molar refractivity (Wildman–Crippen MR) is 221 cm³/mol. The van der Waals surface area contributed by atoms with Crippen LogP contribution in [0.5, 0.6) is 11.5 Å². The Morgan fingerprint density at radius 2 is 0.868 bits per heavy atom. The van der Waals surface area contributed by atoms with Crippen LogP contribution in [0.3, 0.4) is 0 Å². The second-order valence-corrected chi connectivity index (χ2v) is 15.5. The molecular weight excluding hydrogens is 670 g/mol. The molecule has 9 aromatic carbocycles. The molecule has 1 heterocycles. The molecule has 5 heteroatoms. The summed E-state index contributed by atoms with van der Waals surface area (Å²) in [6, 6.07) is 50.9. The van der Waals surface area contributed by atoms with Gasteiger partial charge in [-0.2, -0.15) is 0 Å². The number of benzene rings is 9. The first-order valence-electron chi connectivity index (χ1n) is 18.0. The van der Waals surface area contributed by atoms with Gasteiger partial charge in [-0.15, -0.1) is 0 Å². The molecule has 0 amide bonds. The van der Waals surface area contributed by atoms with Crippen molar-refractivity contribution in [2.75, 3.05) is 0 Å². The lowest BCUT2D eigenvalue weighted by molar-refractivity contribution is 0.394. The fourth-order valence-electron chi connectivity index (χ4n) is 8.84. The van der Waals surface area contributed by atoms with Crippen LogP contribution in [0, 0.1) is 0 Å². The van der Waals surface area contributed by atoms with Crippen molar-refractivity contribution in [3.63, 3.8) is 0 Å². The van der Waals surface area contributed by atoms with Gasteiger partial charge in [0.25, 0.3) is 0 Å². The van der Waals surface area contributed by atoms with Crippen molar-refractivity contribution in [3.8, 4) is 44.9 Å². The lowest BCUT2D eigenvalue weighted by Gasteiger charge is -2.23. The minimum Gasteiger partial charge on any atom is -0.403 e. The van der Waals surface area contributed by atoms with Crippen molar-refractivity contribution in [3.05, 3.63) is 163 Å². The van der Waals surface area contributed by atoms with E-state index in [0.29, 0.717) is 11.5 Å². The summed E-state index contributed by atoms with van der Waals surface area (Å²) in [7, 11) is -4.27. The van der Waals surface area contributed by atoms with Gasteiger partial charge in [0.1, 0.15) is 11.5 Å². The summed E-state index contributed by atoms with van der Waals surface area (Å²) in [5, 5.41) is 10.6. The summed E-state index contributed by atoms with van der Waals surface area (Å²) in [5.74, 6) is 0.924. The number of allylic oxidation sites excluding steroid dienone is 1. The van der Waals surface area contributed by atoms with Gasteiger partial charge in [0, 0.05) is 33.4 Å². The maximum Gasteiger partial charge on any atom is 0.510 e. The summed E-state index contributed by atoms with van der Waals surface area (Å²) in [6.07, 6.45) is 6.38. The maximum atomic E-state index is 14.8. The Bertz CT molecular complexity index is 3070. The van der Waals surface area contributed by atoms with Crippen LogP contribution >= 0.6 is 7.75 Å². The van der Waals surface area contributed by atoms with Gasteiger partial charge in [0.2, 0.25) is 0 Å². The van der Waals surface area contributed by atoms with Crippen molar-refractivity contribution in [1.82, 2.24) is 0 Å². The first kappa shape index (κ1) is 30.4. The predicted octanol–water partition coefficient (Wildman–Crippen LogP) is 13.3. The highest BCUT2D eigenvalue weighted by Gasteiger charge is 2.37. The third-order valence-corrected chi connectivity index (χ3v) is 11.9. The quantitative estimate of drug-likeness (QED) is 0.144. The Hall–Kier alpha value is -6.19.